The van der Waals surface area contributed by atoms with E-state index in [9.17, 15) is 4.79 Å². The summed E-state index contributed by atoms with van der Waals surface area (Å²) in [5, 5.41) is 6.57. The zero-order valence-corrected chi connectivity index (χ0v) is 7.45. The predicted octanol–water partition coefficient (Wildman–Crippen LogP) is 0.173. The summed E-state index contributed by atoms with van der Waals surface area (Å²) in [5.74, 6) is 2.30. The van der Waals surface area contributed by atoms with Gasteiger partial charge in [-0.1, -0.05) is 0 Å². The second-order valence-electron chi connectivity index (χ2n) is 2.55. The highest BCUT2D eigenvalue weighted by Gasteiger charge is 2.07. The van der Waals surface area contributed by atoms with Crippen molar-refractivity contribution in [2.24, 2.45) is 7.05 Å². The molecule has 4 nitrogen and oxygen atoms in total. The average Bonchev–Trinajstić information content (AvgIpc) is 2.52. The highest BCUT2D eigenvalue weighted by atomic mass is 16.2. The van der Waals surface area contributed by atoms with Gasteiger partial charge in [0.25, 0.3) is 5.91 Å². The van der Waals surface area contributed by atoms with E-state index in [0.717, 1.165) is 0 Å². The first kappa shape index (κ1) is 9.33. The number of hydrogen-bond donors (Lipinski definition) is 1. The van der Waals surface area contributed by atoms with Gasteiger partial charge in [-0.25, -0.2) is 0 Å². The zero-order valence-electron chi connectivity index (χ0n) is 7.45. The van der Waals surface area contributed by atoms with Gasteiger partial charge in [0, 0.05) is 26.2 Å². The van der Waals surface area contributed by atoms with E-state index in [-0.39, 0.29) is 5.91 Å². The van der Waals surface area contributed by atoms with Crippen LogP contribution in [-0.4, -0.2) is 22.2 Å². The molecule has 4 heteroatoms. The SMILES string of the molecule is C#CCCNC(=O)c1ccnn1C. The minimum Gasteiger partial charge on any atom is -0.350 e. The monoisotopic (exact) mass is 177 g/mol. The molecule has 0 unspecified atom stereocenters. The van der Waals surface area contributed by atoms with E-state index < -0.39 is 0 Å². The van der Waals surface area contributed by atoms with Crippen molar-refractivity contribution >= 4 is 5.91 Å². The summed E-state index contributed by atoms with van der Waals surface area (Å²) in [5.41, 5.74) is 0.539. The molecule has 0 aromatic carbocycles. The Balaban J connectivity index is 2.50. The second-order valence-corrected chi connectivity index (χ2v) is 2.55. The number of aromatic nitrogens is 2. The number of nitrogens with one attached hydrogen (secondary N) is 1. The first-order valence-electron chi connectivity index (χ1n) is 3.95. The van der Waals surface area contributed by atoms with Gasteiger partial charge in [-0.05, 0) is 6.07 Å². The van der Waals surface area contributed by atoms with E-state index in [1.165, 1.54) is 4.68 Å². The van der Waals surface area contributed by atoms with Gasteiger partial charge in [-0.2, -0.15) is 5.10 Å². The van der Waals surface area contributed by atoms with Gasteiger partial charge < -0.3 is 5.32 Å². The van der Waals surface area contributed by atoms with Crippen LogP contribution in [-0.2, 0) is 7.05 Å². The number of terminal acetylenes is 1. The highest BCUT2D eigenvalue weighted by Crippen LogP contribution is 1.94. The Bertz CT molecular complexity index is 335. The Morgan fingerprint density at radius 1 is 1.85 bits per heavy atom. The fourth-order valence-electron chi connectivity index (χ4n) is 0.935. The van der Waals surface area contributed by atoms with Gasteiger partial charge in [-0.3, -0.25) is 9.48 Å². The third kappa shape index (κ3) is 2.34. The molecule has 0 saturated heterocycles. The van der Waals surface area contributed by atoms with Crippen LogP contribution in [0.15, 0.2) is 12.3 Å². The number of carbonyl (C=O) groups excluding carboxylic acids is 1. The summed E-state index contributed by atoms with van der Waals surface area (Å²) in [6, 6.07) is 1.66. The Hall–Kier alpha value is -1.76. The summed E-state index contributed by atoms with van der Waals surface area (Å²) in [6.07, 6.45) is 7.17. The van der Waals surface area contributed by atoms with Gasteiger partial charge in [0.05, 0.1) is 0 Å². The van der Waals surface area contributed by atoms with Crippen LogP contribution >= 0.6 is 0 Å². The van der Waals surface area contributed by atoms with E-state index in [2.05, 4.69) is 16.3 Å². The van der Waals surface area contributed by atoms with Crippen molar-refractivity contribution in [2.45, 2.75) is 6.42 Å². The molecule has 1 rings (SSSR count). The third-order valence-electron chi connectivity index (χ3n) is 1.61. The maximum Gasteiger partial charge on any atom is 0.269 e. The van der Waals surface area contributed by atoms with Crippen molar-refractivity contribution in [1.82, 2.24) is 15.1 Å². The Kier molecular flexibility index (Phi) is 3.09. The van der Waals surface area contributed by atoms with E-state index in [1.54, 1.807) is 19.3 Å². The van der Waals surface area contributed by atoms with Crippen LogP contribution in [0, 0.1) is 12.3 Å². The molecule has 1 aromatic heterocycles. The Morgan fingerprint density at radius 3 is 3.15 bits per heavy atom. The summed E-state index contributed by atoms with van der Waals surface area (Å²) in [6.45, 7) is 0.501. The first-order chi connectivity index (χ1) is 6.25. The zero-order chi connectivity index (χ0) is 9.68. The van der Waals surface area contributed by atoms with Crippen LogP contribution in [0.2, 0.25) is 0 Å². The minimum absolute atomic E-state index is 0.143. The molecular weight excluding hydrogens is 166 g/mol. The van der Waals surface area contributed by atoms with Crippen molar-refractivity contribution in [3.05, 3.63) is 18.0 Å². The lowest BCUT2D eigenvalue weighted by molar-refractivity contribution is 0.0945. The molecule has 0 aliphatic heterocycles. The standard InChI is InChI=1S/C9H11N3O/c1-3-4-6-10-9(13)8-5-7-11-12(8)2/h1,5,7H,4,6H2,2H3,(H,10,13). The summed E-state index contributed by atoms with van der Waals surface area (Å²) in [7, 11) is 1.72. The fraction of sp³-hybridized carbons (Fsp3) is 0.333. The average molecular weight is 177 g/mol. The summed E-state index contributed by atoms with van der Waals surface area (Å²) >= 11 is 0. The van der Waals surface area contributed by atoms with E-state index in [1.807, 2.05) is 0 Å². The van der Waals surface area contributed by atoms with E-state index >= 15 is 0 Å². The van der Waals surface area contributed by atoms with Crippen LogP contribution in [0.3, 0.4) is 0 Å². The fourth-order valence-corrected chi connectivity index (χ4v) is 0.935. The summed E-state index contributed by atoms with van der Waals surface area (Å²) in [4.78, 5) is 11.4. The van der Waals surface area contributed by atoms with Crippen molar-refractivity contribution in [2.75, 3.05) is 6.54 Å². The van der Waals surface area contributed by atoms with E-state index in [0.29, 0.717) is 18.7 Å². The number of rotatable bonds is 3. The summed E-state index contributed by atoms with van der Waals surface area (Å²) < 4.78 is 1.52. The maximum absolute atomic E-state index is 11.4. The van der Waals surface area contributed by atoms with Gasteiger partial charge in [0.2, 0.25) is 0 Å². The number of hydrogen-bond acceptors (Lipinski definition) is 2. The lowest BCUT2D eigenvalue weighted by Gasteiger charge is -2.02. The Labute approximate surface area is 76.9 Å². The number of nitrogens with zero attached hydrogens (tertiary/aromatic N) is 2. The number of carbonyl (C=O) groups is 1. The first-order valence-corrected chi connectivity index (χ1v) is 3.95. The third-order valence-corrected chi connectivity index (χ3v) is 1.61. The molecule has 0 saturated carbocycles. The van der Waals surface area contributed by atoms with Crippen molar-refractivity contribution in [1.29, 1.82) is 0 Å². The smallest absolute Gasteiger partial charge is 0.269 e. The molecule has 13 heavy (non-hydrogen) atoms. The van der Waals surface area contributed by atoms with Crippen LogP contribution < -0.4 is 5.32 Å². The van der Waals surface area contributed by atoms with Crippen molar-refractivity contribution in [3.63, 3.8) is 0 Å². The Morgan fingerprint density at radius 2 is 2.62 bits per heavy atom. The molecule has 0 aliphatic rings. The molecule has 0 fully saturated rings. The topological polar surface area (TPSA) is 46.9 Å². The van der Waals surface area contributed by atoms with Crippen LogP contribution in [0.1, 0.15) is 16.9 Å². The number of aryl methyl sites for hydroxylation is 1. The molecule has 1 N–H and O–H groups in total. The molecule has 1 amide bonds. The largest absolute Gasteiger partial charge is 0.350 e. The molecular formula is C9H11N3O. The molecule has 1 aromatic rings. The molecule has 1 heterocycles. The predicted molar refractivity (Wildman–Crippen MR) is 49.0 cm³/mol. The van der Waals surface area contributed by atoms with Crippen molar-refractivity contribution in [3.8, 4) is 12.3 Å². The molecule has 0 bridgehead atoms. The van der Waals surface area contributed by atoms with Crippen LogP contribution in [0.25, 0.3) is 0 Å². The van der Waals surface area contributed by atoms with Crippen molar-refractivity contribution < 1.29 is 4.79 Å². The molecule has 0 aliphatic carbocycles. The van der Waals surface area contributed by atoms with Gasteiger partial charge in [0.1, 0.15) is 5.69 Å². The second kappa shape index (κ2) is 4.31. The normalized spacial score (nSPS) is 9.23. The molecule has 0 spiro atoms. The highest BCUT2D eigenvalue weighted by molar-refractivity contribution is 5.92. The lowest BCUT2D eigenvalue weighted by Crippen LogP contribution is -2.26. The van der Waals surface area contributed by atoms with E-state index in [4.69, 9.17) is 6.42 Å². The minimum atomic E-state index is -0.143. The lowest BCUT2D eigenvalue weighted by atomic mass is 10.4. The van der Waals surface area contributed by atoms with Gasteiger partial charge in [-0.15, -0.1) is 12.3 Å². The van der Waals surface area contributed by atoms with Crippen LogP contribution in [0.4, 0.5) is 0 Å². The number of amides is 1. The van der Waals surface area contributed by atoms with Crippen LogP contribution in [0.5, 0.6) is 0 Å². The van der Waals surface area contributed by atoms with Gasteiger partial charge >= 0.3 is 0 Å². The molecule has 0 atom stereocenters. The van der Waals surface area contributed by atoms with Gasteiger partial charge in [0.15, 0.2) is 0 Å². The quantitative estimate of drug-likeness (QED) is 0.528. The molecule has 0 radical (unpaired) electrons. The maximum atomic E-state index is 11.4. The molecule has 68 valence electrons.